The molecule has 0 saturated heterocycles. The lowest BCUT2D eigenvalue weighted by Crippen LogP contribution is -2.30. The number of esters is 1. The molecule has 1 unspecified atom stereocenters. The van der Waals surface area contributed by atoms with Gasteiger partial charge < -0.3 is 15.6 Å². The van der Waals surface area contributed by atoms with Crippen LogP contribution in [0.15, 0.2) is 24.3 Å². The maximum absolute atomic E-state index is 12.3. The van der Waals surface area contributed by atoms with E-state index in [0.29, 0.717) is 16.6 Å². The fourth-order valence-corrected chi connectivity index (χ4v) is 1.97. The largest absolute Gasteiger partial charge is 0.464 e. The van der Waals surface area contributed by atoms with E-state index in [0.717, 1.165) is 4.57 Å². The van der Waals surface area contributed by atoms with Crippen LogP contribution in [0.3, 0.4) is 0 Å². The van der Waals surface area contributed by atoms with Gasteiger partial charge in [-0.25, -0.2) is 14.2 Å². The highest BCUT2D eigenvalue weighted by atomic mass is 16.5. The number of nitrogens with zero attached hydrogens (tertiary/aromatic N) is 1. The summed E-state index contributed by atoms with van der Waals surface area (Å²) < 4.78 is 6.30. The number of fused-ring (bicyclic) bond motifs is 1. The normalized spacial score (nSPS) is 13.1. The van der Waals surface area contributed by atoms with Crippen LogP contribution in [0, 0.1) is 5.41 Å². The molecule has 6 nitrogen and oxygen atoms in total. The van der Waals surface area contributed by atoms with Gasteiger partial charge in [-0.1, -0.05) is 26.8 Å². The molecule has 1 heterocycles. The second-order valence-electron chi connectivity index (χ2n) is 6.38. The molecule has 0 spiro atoms. The average Bonchev–Trinajstić information content (AvgIpc) is 2.75. The van der Waals surface area contributed by atoms with Gasteiger partial charge in [0.25, 0.3) is 0 Å². The van der Waals surface area contributed by atoms with Crippen LogP contribution < -0.4 is 5.73 Å². The molecule has 0 aliphatic rings. The molecule has 0 saturated carbocycles. The van der Waals surface area contributed by atoms with E-state index in [9.17, 15) is 14.7 Å². The van der Waals surface area contributed by atoms with Crippen LogP contribution in [0.2, 0.25) is 0 Å². The summed E-state index contributed by atoms with van der Waals surface area (Å²) in [6.45, 7) is 7.61. The number of ether oxygens (including phenoxy) is 1. The number of nitrogens with two attached hydrogens (primary N) is 1. The number of benzene rings is 1. The number of rotatable bonds is 2. The zero-order chi connectivity index (χ0) is 16.7. The van der Waals surface area contributed by atoms with Crippen molar-refractivity contribution < 1.29 is 19.4 Å². The van der Waals surface area contributed by atoms with Gasteiger partial charge in [-0.3, -0.25) is 0 Å². The van der Waals surface area contributed by atoms with Crippen LogP contribution in [-0.4, -0.2) is 27.8 Å². The summed E-state index contributed by atoms with van der Waals surface area (Å²) in [5, 5.41) is 10.0. The van der Waals surface area contributed by atoms with Crippen molar-refractivity contribution in [2.45, 2.75) is 33.8 Å². The number of hydrogen-bond donors (Lipinski definition) is 2. The summed E-state index contributed by atoms with van der Waals surface area (Å²) in [5.41, 5.74) is 6.22. The molecule has 1 aromatic heterocycles. The molecular weight excluding hydrogens is 284 g/mol. The van der Waals surface area contributed by atoms with Gasteiger partial charge in [-0.2, -0.15) is 0 Å². The number of carbonyl (C=O) groups is 2. The molecule has 22 heavy (non-hydrogen) atoms. The number of carbonyl (C=O) groups excluding carboxylic acids is 1. The maximum Gasteiger partial charge on any atom is 0.416 e. The standard InChI is InChI=1S/C16H20N2O4/c1-9(16(2,3)4)22-14(19)13-7-10-5-6-11(17)8-12(10)18(13)15(20)21/h5-9H,17H2,1-4H3,(H,20,21). The topological polar surface area (TPSA) is 94.5 Å². The maximum atomic E-state index is 12.3. The second kappa shape index (κ2) is 5.36. The average molecular weight is 304 g/mol. The lowest BCUT2D eigenvalue weighted by atomic mass is 9.90. The van der Waals surface area contributed by atoms with Crippen molar-refractivity contribution >= 4 is 28.7 Å². The van der Waals surface area contributed by atoms with Crippen molar-refractivity contribution in [3.05, 3.63) is 30.0 Å². The van der Waals surface area contributed by atoms with Gasteiger partial charge in [-0.15, -0.1) is 0 Å². The van der Waals surface area contributed by atoms with Crippen LogP contribution in [0.5, 0.6) is 0 Å². The number of hydrogen-bond acceptors (Lipinski definition) is 4. The Kier molecular flexibility index (Phi) is 3.87. The Labute approximate surface area is 128 Å². The molecular formula is C16H20N2O4. The van der Waals surface area contributed by atoms with Crippen molar-refractivity contribution in [2.24, 2.45) is 5.41 Å². The van der Waals surface area contributed by atoms with Gasteiger partial charge in [0, 0.05) is 11.1 Å². The Morgan fingerprint density at radius 3 is 2.45 bits per heavy atom. The molecule has 2 rings (SSSR count). The summed E-state index contributed by atoms with van der Waals surface area (Å²) in [5.74, 6) is -0.667. The summed E-state index contributed by atoms with van der Waals surface area (Å²) in [6, 6.07) is 6.35. The summed E-state index contributed by atoms with van der Waals surface area (Å²) in [4.78, 5) is 23.9. The van der Waals surface area contributed by atoms with Crippen LogP contribution in [-0.2, 0) is 4.74 Å². The molecule has 0 aliphatic heterocycles. The fraction of sp³-hybridized carbons (Fsp3) is 0.375. The van der Waals surface area contributed by atoms with Crippen molar-refractivity contribution in [1.29, 1.82) is 0 Å². The van der Waals surface area contributed by atoms with Gasteiger partial charge >= 0.3 is 12.1 Å². The molecule has 0 aliphatic carbocycles. The Morgan fingerprint density at radius 2 is 1.91 bits per heavy atom. The highest BCUT2D eigenvalue weighted by Crippen LogP contribution is 2.26. The van der Waals surface area contributed by atoms with Gasteiger partial charge in [-0.05, 0) is 30.5 Å². The van der Waals surface area contributed by atoms with Gasteiger partial charge in [0.15, 0.2) is 0 Å². The molecule has 0 bridgehead atoms. The minimum atomic E-state index is -1.25. The zero-order valence-electron chi connectivity index (χ0n) is 13.1. The predicted molar refractivity (Wildman–Crippen MR) is 84.1 cm³/mol. The van der Waals surface area contributed by atoms with E-state index >= 15 is 0 Å². The third kappa shape index (κ3) is 2.90. The lowest BCUT2D eigenvalue weighted by Gasteiger charge is -2.26. The quantitative estimate of drug-likeness (QED) is 0.655. The molecule has 2 aromatic rings. The molecule has 6 heteroatoms. The third-order valence-corrected chi connectivity index (χ3v) is 3.73. The smallest absolute Gasteiger partial charge is 0.416 e. The first kappa shape index (κ1) is 15.9. The molecule has 0 fully saturated rings. The van der Waals surface area contributed by atoms with Crippen LogP contribution in [0.4, 0.5) is 10.5 Å². The fourth-order valence-electron chi connectivity index (χ4n) is 1.97. The summed E-state index contributed by atoms with van der Waals surface area (Å²) in [6.07, 6.45) is -1.61. The minimum Gasteiger partial charge on any atom is -0.464 e. The predicted octanol–water partition coefficient (Wildman–Crippen LogP) is 3.34. The number of anilines is 1. The van der Waals surface area contributed by atoms with Gasteiger partial charge in [0.1, 0.15) is 11.8 Å². The number of nitrogen functional groups attached to an aromatic ring is 1. The number of aromatic nitrogens is 1. The van der Waals surface area contributed by atoms with E-state index in [1.807, 2.05) is 20.8 Å². The van der Waals surface area contributed by atoms with Crippen molar-refractivity contribution in [3.63, 3.8) is 0 Å². The zero-order valence-corrected chi connectivity index (χ0v) is 13.1. The van der Waals surface area contributed by atoms with E-state index in [-0.39, 0.29) is 17.2 Å². The van der Waals surface area contributed by atoms with Crippen LogP contribution >= 0.6 is 0 Å². The summed E-state index contributed by atoms with van der Waals surface area (Å²) in [7, 11) is 0. The molecule has 0 amide bonds. The van der Waals surface area contributed by atoms with Gasteiger partial charge in [0.05, 0.1) is 5.52 Å². The van der Waals surface area contributed by atoms with E-state index in [2.05, 4.69) is 0 Å². The van der Waals surface area contributed by atoms with Gasteiger partial charge in [0.2, 0.25) is 0 Å². The Bertz CT molecular complexity index is 740. The summed E-state index contributed by atoms with van der Waals surface area (Å²) >= 11 is 0. The highest BCUT2D eigenvalue weighted by Gasteiger charge is 2.27. The van der Waals surface area contributed by atoms with E-state index < -0.39 is 12.1 Å². The molecule has 3 N–H and O–H groups in total. The first-order chi connectivity index (χ1) is 10.1. The Balaban J connectivity index is 2.49. The SMILES string of the molecule is CC(OC(=O)c1cc2ccc(N)cc2n1C(=O)O)C(C)(C)C. The highest BCUT2D eigenvalue weighted by molar-refractivity contribution is 6.01. The van der Waals surface area contributed by atoms with Crippen molar-refractivity contribution in [3.8, 4) is 0 Å². The Hall–Kier alpha value is -2.50. The van der Waals surface area contributed by atoms with Crippen molar-refractivity contribution in [2.75, 3.05) is 5.73 Å². The first-order valence-corrected chi connectivity index (χ1v) is 6.96. The van der Waals surface area contributed by atoms with E-state index in [4.69, 9.17) is 10.5 Å². The number of carboxylic acid groups (broad SMARTS) is 1. The minimum absolute atomic E-state index is 0.0239. The second-order valence-corrected chi connectivity index (χ2v) is 6.38. The van der Waals surface area contributed by atoms with Crippen molar-refractivity contribution in [1.82, 2.24) is 4.57 Å². The Morgan fingerprint density at radius 1 is 1.27 bits per heavy atom. The van der Waals surface area contributed by atoms with E-state index in [1.165, 1.54) is 12.1 Å². The third-order valence-electron chi connectivity index (χ3n) is 3.73. The van der Waals surface area contributed by atoms with E-state index in [1.54, 1.807) is 19.1 Å². The molecule has 118 valence electrons. The van der Waals surface area contributed by atoms with Crippen LogP contribution in [0.25, 0.3) is 10.9 Å². The first-order valence-electron chi connectivity index (χ1n) is 6.96. The molecule has 1 atom stereocenters. The molecule has 1 aromatic carbocycles. The van der Waals surface area contributed by atoms with Crippen LogP contribution in [0.1, 0.15) is 38.2 Å². The monoisotopic (exact) mass is 304 g/mol. The molecule has 0 radical (unpaired) electrons. The lowest BCUT2D eigenvalue weighted by molar-refractivity contribution is 0.00382.